The molecule has 114 valence electrons. The lowest BCUT2D eigenvalue weighted by Crippen LogP contribution is -2.26. The number of aryl methyl sites for hydroxylation is 1. The van der Waals surface area contributed by atoms with Crippen LogP contribution in [0.4, 0.5) is 5.13 Å². The number of aromatic nitrogens is 1. The first-order valence-electron chi connectivity index (χ1n) is 6.45. The lowest BCUT2D eigenvalue weighted by Gasteiger charge is -2.20. The van der Waals surface area contributed by atoms with E-state index in [1.807, 2.05) is 26.2 Å². The van der Waals surface area contributed by atoms with Crippen molar-refractivity contribution in [2.24, 2.45) is 0 Å². The SMILES string of the molecule is CCC(C)OC(=O)C(C(=O)Nc1nc(C)cs1)=C1SCS1. The van der Waals surface area contributed by atoms with Crippen LogP contribution in [-0.2, 0) is 14.3 Å². The fourth-order valence-corrected chi connectivity index (χ4v) is 3.69. The molecular weight excluding hydrogens is 328 g/mol. The van der Waals surface area contributed by atoms with E-state index in [0.717, 1.165) is 10.8 Å². The van der Waals surface area contributed by atoms with Crippen molar-refractivity contribution < 1.29 is 14.3 Å². The molecule has 1 unspecified atom stereocenters. The molecule has 0 bridgehead atoms. The summed E-state index contributed by atoms with van der Waals surface area (Å²) in [4.78, 5) is 28.7. The van der Waals surface area contributed by atoms with Crippen molar-refractivity contribution >= 4 is 51.9 Å². The van der Waals surface area contributed by atoms with E-state index in [0.29, 0.717) is 15.8 Å². The number of thiazole rings is 1. The van der Waals surface area contributed by atoms with Gasteiger partial charge in [-0.1, -0.05) is 6.92 Å². The van der Waals surface area contributed by atoms with E-state index < -0.39 is 11.9 Å². The van der Waals surface area contributed by atoms with E-state index in [-0.39, 0.29) is 11.7 Å². The number of anilines is 1. The summed E-state index contributed by atoms with van der Waals surface area (Å²) in [6.07, 6.45) is 0.500. The van der Waals surface area contributed by atoms with Gasteiger partial charge in [-0.25, -0.2) is 9.78 Å². The van der Waals surface area contributed by atoms with Crippen molar-refractivity contribution in [3.8, 4) is 0 Å². The summed E-state index contributed by atoms with van der Waals surface area (Å²) >= 11 is 4.30. The van der Waals surface area contributed by atoms with Gasteiger partial charge in [0, 0.05) is 10.5 Å². The standard InChI is InChI=1S/C13H16N2O3S3/c1-4-8(3)18-11(17)9(12-20-6-21-12)10(16)15-13-14-7(2)5-19-13/h5,8H,4,6H2,1-3H3,(H,14,15,16). The highest BCUT2D eigenvalue weighted by Crippen LogP contribution is 2.45. The molecule has 5 nitrogen and oxygen atoms in total. The molecule has 8 heteroatoms. The predicted molar refractivity (Wildman–Crippen MR) is 88.4 cm³/mol. The molecule has 2 heterocycles. The Morgan fingerprint density at radius 2 is 2.19 bits per heavy atom. The number of carbonyl (C=O) groups excluding carboxylic acids is 2. The van der Waals surface area contributed by atoms with Crippen molar-refractivity contribution in [3.05, 3.63) is 20.9 Å². The number of ether oxygens (including phenoxy) is 1. The third-order valence-electron chi connectivity index (χ3n) is 2.74. The van der Waals surface area contributed by atoms with Gasteiger partial charge in [-0.2, -0.15) is 0 Å². The highest BCUT2D eigenvalue weighted by atomic mass is 32.3. The van der Waals surface area contributed by atoms with E-state index in [4.69, 9.17) is 4.74 Å². The lowest BCUT2D eigenvalue weighted by atomic mass is 10.2. The van der Waals surface area contributed by atoms with Crippen molar-refractivity contribution in [2.75, 3.05) is 10.4 Å². The highest BCUT2D eigenvalue weighted by Gasteiger charge is 2.30. The van der Waals surface area contributed by atoms with Crippen LogP contribution in [-0.4, -0.2) is 28.0 Å². The van der Waals surface area contributed by atoms with Crippen LogP contribution < -0.4 is 5.32 Å². The first-order chi connectivity index (χ1) is 10.0. The van der Waals surface area contributed by atoms with Gasteiger partial charge in [-0.05, 0) is 20.3 Å². The number of hydrogen-bond acceptors (Lipinski definition) is 7. The lowest BCUT2D eigenvalue weighted by molar-refractivity contribution is -0.144. The molecule has 1 aliphatic heterocycles. The normalized spacial score (nSPS) is 15.1. The minimum atomic E-state index is -0.565. The third-order valence-corrected chi connectivity index (χ3v) is 6.20. The Bertz CT molecular complexity index is 577. The van der Waals surface area contributed by atoms with Crippen LogP contribution in [0.1, 0.15) is 26.0 Å². The van der Waals surface area contributed by atoms with E-state index in [9.17, 15) is 9.59 Å². The van der Waals surface area contributed by atoms with Crippen LogP contribution in [0.25, 0.3) is 0 Å². The number of esters is 1. The number of nitrogens with one attached hydrogen (secondary N) is 1. The monoisotopic (exact) mass is 344 g/mol. The first kappa shape index (κ1) is 16.4. The van der Waals surface area contributed by atoms with Crippen molar-refractivity contribution in [2.45, 2.75) is 33.3 Å². The minimum Gasteiger partial charge on any atom is -0.459 e. The summed E-state index contributed by atoms with van der Waals surface area (Å²) in [5.74, 6) is -1.02. The Morgan fingerprint density at radius 1 is 1.48 bits per heavy atom. The first-order valence-corrected chi connectivity index (χ1v) is 9.30. The molecule has 0 aliphatic carbocycles. The predicted octanol–water partition coefficient (Wildman–Crippen LogP) is 3.38. The van der Waals surface area contributed by atoms with Crippen LogP contribution >= 0.6 is 34.9 Å². The summed E-state index contributed by atoms with van der Waals surface area (Å²) < 4.78 is 6.00. The zero-order chi connectivity index (χ0) is 15.4. The quantitative estimate of drug-likeness (QED) is 0.382. The van der Waals surface area contributed by atoms with Gasteiger partial charge >= 0.3 is 5.97 Å². The second kappa shape index (κ2) is 7.33. The average Bonchev–Trinajstić information content (AvgIpc) is 2.78. The average molecular weight is 344 g/mol. The summed E-state index contributed by atoms with van der Waals surface area (Å²) in [7, 11) is 0. The zero-order valence-corrected chi connectivity index (χ0v) is 14.4. The fourth-order valence-electron chi connectivity index (χ4n) is 1.43. The Balaban J connectivity index is 2.13. The molecule has 0 aromatic carbocycles. The van der Waals surface area contributed by atoms with Crippen molar-refractivity contribution in [1.82, 2.24) is 4.98 Å². The number of carbonyl (C=O) groups is 2. The van der Waals surface area contributed by atoms with Crippen LogP contribution in [0.5, 0.6) is 0 Å². The van der Waals surface area contributed by atoms with Gasteiger partial charge in [0.1, 0.15) is 5.57 Å². The second-order valence-electron chi connectivity index (χ2n) is 4.44. The molecule has 1 aliphatic rings. The van der Waals surface area contributed by atoms with Crippen molar-refractivity contribution in [1.29, 1.82) is 0 Å². The number of amides is 1. The highest BCUT2D eigenvalue weighted by molar-refractivity contribution is 8.37. The van der Waals surface area contributed by atoms with Crippen LogP contribution in [0.15, 0.2) is 15.2 Å². The maximum atomic E-state index is 12.3. The number of nitrogens with zero attached hydrogens (tertiary/aromatic N) is 1. The molecule has 1 saturated heterocycles. The van der Waals surface area contributed by atoms with Gasteiger partial charge in [0.25, 0.3) is 5.91 Å². The fraction of sp³-hybridized carbons (Fsp3) is 0.462. The van der Waals surface area contributed by atoms with Gasteiger partial charge in [-0.3, -0.25) is 10.1 Å². The molecule has 1 aromatic heterocycles. The third kappa shape index (κ3) is 4.24. The summed E-state index contributed by atoms with van der Waals surface area (Å²) in [6.45, 7) is 5.58. The molecule has 0 radical (unpaired) electrons. The van der Waals surface area contributed by atoms with E-state index >= 15 is 0 Å². The topological polar surface area (TPSA) is 68.3 Å². The molecule has 1 aromatic rings. The Morgan fingerprint density at radius 3 is 2.67 bits per heavy atom. The molecule has 0 spiro atoms. The van der Waals surface area contributed by atoms with Gasteiger partial charge in [-0.15, -0.1) is 34.9 Å². The molecule has 21 heavy (non-hydrogen) atoms. The van der Waals surface area contributed by atoms with Gasteiger partial charge in [0.2, 0.25) is 0 Å². The number of rotatable bonds is 5. The Kier molecular flexibility index (Phi) is 5.72. The van der Waals surface area contributed by atoms with Crippen LogP contribution in [0.2, 0.25) is 0 Å². The maximum Gasteiger partial charge on any atom is 0.345 e. The molecule has 0 saturated carbocycles. The minimum absolute atomic E-state index is 0.0874. The largest absolute Gasteiger partial charge is 0.459 e. The molecule has 2 rings (SSSR count). The van der Waals surface area contributed by atoms with E-state index in [1.165, 1.54) is 34.9 Å². The Hall–Kier alpha value is -0.990. The van der Waals surface area contributed by atoms with Gasteiger partial charge in [0.15, 0.2) is 5.13 Å². The Labute approximate surface area is 135 Å². The smallest absolute Gasteiger partial charge is 0.345 e. The summed E-state index contributed by atoms with van der Waals surface area (Å²) in [5.41, 5.74) is 0.920. The van der Waals surface area contributed by atoms with Crippen molar-refractivity contribution in [3.63, 3.8) is 0 Å². The molecule has 1 N–H and O–H groups in total. The van der Waals surface area contributed by atoms with E-state index in [2.05, 4.69) is 10.3 Å². The zero-order valence-electron chi connectivity index (χ0n) is 12.0. The molecule has 1 fully saturated rings. The van der Waals surface area contributed by atoms with E-state index in [1.54, 1.807) is 0 Å². The molecule has 1 amide bonds. The van der Waals surface area contributed by atoms with Crippen LogP contribution in [0.3, 0.4) is 0 Å². The van der Waals surface area contributed by atoms with Gasteiger partial charge < -0.3 is 4.74 Å². The summed E-state index contributed by atoms with van der Waals surface area (Å²) in [5, 5.41) is 5.84. The van der Waals surface area contributed by atoms with Gasteiger partial charge in [0.05, 0.1) is 16.0 Å². The molecular formula is C13H16N2O3S3. The number of thioether (sulfide) groups is 2. The molecule has 1 atom stereocenters. The number of hydrogen-bond donors (Lipinski definition) is 1. The second-order valence-corrected chi connectivity index (χ2v) is 7.89. The summed E-state index contributed by atoms with van der Waals surface area (Å²) in [6, 6.07) is 0. The maximum absolute atomic E-state index is 12.3. The van der Waals surface area contributed by atoms with Crippen LogP contribution in [0, 0.1) is 6.92 Å².